The molecular weight excluding hydrogens is 395 g/mol. The molecule has 0 aliphatic heterocycles. The molecule has 0 radical (unpaired) electrons. The Morgan fingerprint density at radius 1 is 1.32 bits per heavy atom. The molecule has 1 fully saturated rings. The standard InChI is InChI=1S/C18H13ClF3N5O/c1-9-2-13(12-4-10(12)7-23)27-16(3-9)24-11(5-17(27)28)8-26-15(19)6-14(25-26)18(20,21)22/h2-3,5-6,10,12H,4,8H2,1H3/t10-,12+/m0/s1. The van der Waals surface area contributed by atoms with Crippen LogP contribution in [0.25, 0.3) is 5.65 Å². The van der Waals surface area contributed by atoms with E-state index in [0.29, 0.717) is 12.1 Å². The van der Waals surface area contributed by atoms with Crippen molar-refractivity contribution in [2.45, 2.75) is 32.0 Å². The highest BCUT2D eigenvalue weighted by molar-refractivity contribution is 6.29. The van der Waals surface area contributed by atoms with Crippen LogP contribution in [0.1, 0.15) is 35.0 Å². The normalized spacial score (nSPS) is 19.0. The predicted octanol–water partition coefficient (Wildman–Crippen LogP) is 3.55. The van der Waals surface area contributed by atoms with Crippen molar-refractivity contribution in [1.29, 1.82) is 5.26 Å². The Labute approximate surface area is 161 Å². The molecule has 0 saturated heterocycles. The first-order valence-electron chi connectivity index (χ1n) is 8.41. The lowest BCUT2D eigenvalue weighted by atomic mass is 10.1. The Morgan fingerprint density at radius 2 is 2.07 bits per heavy atom. The van der Waals surface area contributed by atoms with E-state index in [9.17, 15) is 18.0 Å². The lowest BCUT2D eigenvalue weighted by Gasteiger charge is -2.11. The highest BCUT2D eigenvalue weighted by atomic mass is 35.5. The molecule has 0 bridgehead atoms. The SMILES string of the molecule is Cc1cc([C@@H]2C[C@H]2C#N)n2c(=O)cc(Cn3nc(C(F)(F)F)cc3Cl)nc2c1. The summed E-state index contributed by atoms with van der Waals surface area (Å²) < 4.78 is 40.8. The zero-order valence-electron chi connectivity index (χ0n) is 14.5. The van der Waals surface area contributed by atoms with Crippen molar-refractivity contribution >= 4 is 17.2 Å². The second-order valence-corrected chi connectivity index (χ2v) is 7.21. The average Bonchev–Trinajstić information content (AvgIpc) is 3.29. The molecule has 1 saturated carbocycles. The predicted molar refractivity (Wildman–Crippen MR) is 94.0 cm³/mol. The van der Waals surface area contributed by atoms with Gasteiger partial charge in [0.05, 0.1) is 24.2 Å². The monoisotopic (exact) mass is 407 g/mol. The summed E-state index contributed by atoms with van der Waals surface area (Å²) >= 11 is 5.85. The van der Waals surface area contributed by atoms with E-state index >= 15 is 0 Å². The number of aryl methyl sites for hydroxylation is 1. The van der Waals surface area contributed by atoms with Crippen molar-refractivity contribution in [3.05, 3.63) is 62.4 Å². The van der Waals surface area contributed by atoms with Crippen molar-refractivity contribution in [3.8, 4) is 6.07 Å². The molecule has 3 aromatic rings. The quantitative estimate of drug-likeness (QED) is 0.665. The first kappa shape index (κ1) is 18.5. The number of aromatic nitrogens is 4. The Kier molecular flexibility index (Phi) is 4.19. The number of nitriles is 1. The van der Waals surface area contributed by atoms with Crippen LogP contribution in [0.4, 0.5) is 13.2 Å². The summed E-state index contributed by atoms with van der Waals surface area (Å²) in [6, 6.07) is 7.75. The summed E-state index contributed by atoms with van der Waals surface area (Å²) in [6.45, 7) is 1.68. The van der Waals surface area contributed by atoms with Crippen molar-refractivity contribution in [3.63, 3.8) is 0 Å². The highest BCUT2D eigenvalue weighted by Gasteiger charge is 2.40. The van der Waals surface area contributed by atoms with Gasteiger partial charge in [-0.05, 0) is 31.0 Å². The number of alkyl halides is 3. The summed E-state index contributed by atoms with van der Waals surface area (Å²) in [7, 11) is 0. The van der Waals surface area contributed by atoms with E-state index in [1.807, 2.05) is 13.0 Å². The van der Waals surface area contributed by atoms with Gasteiger partial charge in [0.15, 0.2) is 5.69 Å². The zero-order chi connectivity index (χ0) is 20.2. The van der Waals surface area contributed by atoms with Gasteiger partial charge in [-0.15, -0.1) is 0 Å². The van der Waals surface area contributed by atoms with Crippen LogP contribution >= 0.6 is 11.6 Å². The maximum absolute atomic E-state index is 12.8. The van der Waals surface area contributed by atoms with Crippen LogP contribution in [0.2, 0.25) is 5.15 Å². The highest BCUT2D eigenvalue weighted by Crippen LogP contribution is 2.46. The summed E-state index contributed by atoms with van der Waals surface area (Å²) in [6.07, 6.45) is -3.93. The minimum atomic E-state index is -4.61. The van der Waals surface area contributed by atoms with Gasteiger partial charge in [-0.2, -0.15) is 23.5 Å². The van der Waals surface area contributed by atoms with E-state index < -0.39 is 11.9 Å². The fraction of sp³-hybridized carbons (Fsp3) is 0.333. The van der Waals surface area contributed by atoms with Crippen LogP contribution in [0.5, 0.6) is 0 Å². The third kappa shape index (κ3) is 3.24. The van der Waals surface area contributed by atoms with E-state index in [4.69, 9.17) is 16.9 Å². The van der Waals surface area contributed by atoms with Gasteiger partial charge in [-0.3, -0.25) is 9.20 Å². The molecule has 2 atom stereocenters. The van der Waals surface area contributed by atoms with Gasteiger partial charge in [0.25, 0.3) is 5.56 Å². The molecule has 0 N–H and O–H groups in total. The van der Waals surface area contributed by atoms with Gasteiger partial charge in [0, 0.05) is 23.7 Å². The maximum atomic E-state index is 12.8. The van der Waals surface area contributed by atoms with Crippen molar-refractivity contribution < 1.29 is 13.2 Å². The van der Waals surface area contributed by atoms with E-state index in [1.54, 1.807) is 6.07 Å². The molecule has 144 valence electrons. The molecule has 10 heteroatoms. The van der Waals surface area contributed by atoms with Gasteiger partial charge >= 0.3 is 6.18 Å². The van der Waals surface area contributed by atoms with Crippen molar-refractivity contribution in [2.24, 2.45) is 5.92 Å². The summed E-state index contributed by atoms with van der Waals surface area (Å²) in [5.74, 6) is -0.145. The Morgan fingerprint density at radius 3 is 2.68 bits per heavy atom. The maximum Gasteiger partial charge on any atom is 0.435 e. The molecule has 0 aromatic carbocycles. The number of nitrogens with zero attached hydrogens (tertiary/aromatic N) is 5. The second kappa shape index (κ2) is 6.34. The zero-order valence-corrected chi connectivity index (χ0v) is 15.3. The molecule has 0 unspecified atom stereocenters. The topological polar surface area (TPSA) is 76.0 Å². The van der Waals surface area contributed by atoms with Gasteiger partial charge in [-0.25, -0.2) is 9.67 Å². The van der Waals surface area contributed by atoms with Crippen LogP contribution in [0.15, 0.2) is 29.1 Å². The number of rotatable bonds is 3. The molecule has 3 heterocycles. The minimum Gasteiger partial charge on any atom is -0.269 e. The number of pyridine rings is 1. The summed E-state index contributed by atoms with van der Waals surface area (Å²) in [5, 5.41) is 12.3. The molecule has 4 rings (SSSR count). The van der Waals surface area contributed by atoms with Gasteiger partial charge in [-0.1, -0.05) is 11.6 Å². The Bertz CT molecular complexity index is 1190. The first-order chi connectivity index (χ1) is 13.2. The third-order valence-electron chi connectivity index (χ3n) is 4.66. The van der Waals surface area contributed by atoms with Crippen molar-refractivity contribution in [2.75, 3.05) is 0 Å². The van der Waals surface area contributed by atoms with Crippen LogP contribution < -0.4 is 5.56 Å². The molecule has 28 heavy (non-hydrogen) atoms. The minimum absolute atomic E-state index is 0.0207. The number of hydrogen-bond acceptors (Lipinski definition) is 4. The lowest BCUT2D eigenvalue weighted by molar-refractivity contribution is -0.141. The molecule has 0 amide bonds. The van der Waals surface area contributed by atoms with E-state index in [2.05, 4.69) is 16.2 Å². The van der Waals surface area contributed by atoms with Crippen LogP contribution in [-0.2, 0) is 12.7 Å². The average molecular weight is 408 g/mol. The van der Waals surface area contributed by atoms with Gasteiger partial charge in [0.2, 0.25) is 0 Å². The van der Waals surface area contributed by atoms with E-state index in [1.165, 1.54) is 10.5 Å². The number of fused-ring (bicyclic) bond motifs is 1. The number of halogens is 4. The first-order valence-corrected chi connectivity index (χ1v) is 8.78. The van der Waals surface area contributed by atoms with Crippen LogP contribution in [0, 0.1) is 24.2 Å². The Balaban J connectivity index is 1.76. The molecule has 1 aliphatic rings. The fourth-order valence-corrected chi connectivity index (χ4v) is 3.47. The molecule has 6 nitrogen and oxygen atoms in total. The van der Waals surface area contributed by atoms with Crippen molar-refractivity contribution in [1.82, 2.24) is 19.2 Å². The van der Waals surface area contributed by atoms with Crippen LogP contribution in [0.3, 0.4) is 0 Å². The second-order valence-electron chi connectivity index (χ2n) is 6.82. The molecule has 3 aromatic heterocycles. The van der Waals surface area contributed by atoms with E-state index in [-0.39, 0.29) is 34.8 Å². The largest absolute Gasteiger partial charge is 0.435 e. The van der Waals surface area contributed by atoms with Crippen LogP contribution in [-0.4, -0.2) is 19.2 Å². The van der Waals surface area contributed by atoms with E-state index in [0.717, 1.165) is 22.0 Å². The molecule has 1 aliphatic carbocycles. The lowest BCUT2D eigenvalue weighted by Crippen LogP contribution is -2.20. The Hall–Kier alpha value is -2.86. The van der Waals surface area contributed by atoms with Gasteiger partial charge < -0.3 is 0 Å². The number of hydrogen-bond donors (Lipinski definition) is 0. The van der Waals surface area contributed by atoms with Gasteiger partial charge in [0.1, 0.15) is 10.8 Å². The molecular formula is C18H13ClF3N5O. The fourth-order valence-electron chi connectivity index (χ4n) is 3.26. The third-order valence-corrected chi connectivity index (χ3v) is 4.96. The summed E-state index contributed by atoms with van der Waals surface area (Å²) in [4.78, 5) is 17.1. The summed E-state index contributed by atoms with van der Waals surface area (Å²) in [5.41, 5.74) is 0.747. The smallest absolute Gasteiger partial charge is 0.269 e. The molecule has 0 spiro atoms.